The normalized spacial score (nSPS) is 22.9. The second-order valence-electron chi connectivity index (χ2n) is 4.62. The molecule has 1 aliphatic rings. The average Bonchev–Trinajstić information content (AvgIpc) is 2.91. The van der Waals surface area contributed by atoms with Crippen LogP contribution in [0, 0.1) is 5.92 Å². The Morgan fingerprint density at radius 3 is 2.43 bits per heavy atom. The van der Waals surface area contributed by atoms with E-state index in [2.05, 4.69) is 9.72 Å². The Morgan fingerprint density at radius 1 is 1.48 bits per heavy atom. The molecule has 0 aromatic carbocycles. The number of halogens is 1. The number of aliphatic hydroxyl groups excluding tert-OH is 2. The molecule has 1 aliphatic heterocycles. The van der Waals surface area contributed by atoms with Crippen LogP contribution < -0.4 is 11.2 Å². The molecule has 0 bridgehead atoms. The van der Waals surface area contributed by atoms with Crippen LogP contribution in [0.3, 0.4) is 0 Å². The first-order chi connectivity index (χ1) is 10.9. The molecule has 0 amide bonds. The van der Waals surface area contributed by atoms with Gasteiger partial charge in [0.15, 0.2) is 0 Å². The van der Waals surface area contributed by atoms with Crippen LogP contribution in [0.1, 0.15) is 19.6 Å². The fourth-order valence-electron chi connectivity index (χ4n) is 2.00. The lowest BCUT2D eigenvalue weighted by atomic mass is 10.1. The molecule has 4 N–H and O–H groups in total. The van der Waals surface area contributed by atoms with Crippen molar-refractivity contribution in [2.75, 3.05) is 20.9 Å². The molecule has 3 atom stereocenters. The van der Waals surface area contributed by atoms with E-state index in [9.17, 15) is 14.0 Å². The van der Waals surface area contributed by atoms with E-state index in [1.165, 1.54) is 23.9 Å². The Morgan fingerprint density at radius 2 is 2.04 bits per heavy atom. The summed E-state index contributed by atoms with van der Waals surface area (Å²) < 4.78 is 20.2. The first-order valence-electron chi connectivity index (χ1n) is 6.73. The van der Waals surface area contributed by atoms with Crippen molar-refractivity contribution in [3.8, 4) is 0 Å². The van der Waals surface area contributed by atoms with Crippen LogP contribution in [-0.4, -0.2) is 58.3 Å². The highest BCUT2D eigenvalue weighted by atomic mass is 19.1. The van der Waals surface area contributed by atoms with E-state index in [4.69, 9.17) is 20.1 Å². The van der Waals surface area contributed by atoms with Gasteiger partial charge in [-0.15, -0.1) is 0 Å². The Balaban J connectivity index is 0.000000594. The Labute approximate surface area is 131 Å². The SMILES string of the molecule is CC1CC(CO)OC1n1ccc(=O)[nH]c1=O.CF.COC(O)O. The summed E-state index contributed by atoms with van der Waals surface area (Å²) in [6.45, 7) is 0.270. The highest BCUT2D eigenvalue weighted by Gasteiger charge is 2.33. The number of hydrogen-bond donors (Lipinski definition) is 4. The second-order valence-corrected chi connectivity index (χ2v) is 4.62. The van der Waals surface area contributed by atoms with Crippen molar-refractivity contribution in [2.24, 2.45) is 5.92 Å². The predicted molar refractivity (Wildman–Crippen MR) is 78.4 cm³/mol. The third kappa shape index (κ3) is 7.01. The van der Waals surface area contributed by atoms with Crippen LogP contribution >= 0.6 is 0 Å². The number of hydrogen-bond acceptors (Lipinski definition) is 7. The molecule has 1 fully saturated rings. The number of aromatic amines is 1. The minimum atomic E-state index is -1.62. The van der Waals surface area contributed by atoms with Crippen molar-refractivity contribution in [2.45, 2.75) is 32.2 Å². The van der Waals surface area contributed by atoms with Gasteiger partial charge in [-0.25, -0.2) is 4.79 Å². The summed E-state index contributed by atoms with van der Waals surface area (Å²) in [6.07, 6.45) is 1.47. The van der Waals surface area contributed by atoms with E-state index >= 15 is 0 Å². The molecule has 1 aromatic rings. The number of ether oxygens (including phenoxy) is 2. The van der Waals surface area contributed by atoms with Crippen LogP contribution in [0.15, 0.2) is 21.9 Å². The highest BCUT2D eigenvalue weighted by Crippen LogP contribution is 2.32. The molecule has 0 radical (unpaired) electrons. The Hall–Kier alpha value is -1.59. The maximum atomic E-state index is 11.5. The molecule has 0 spiro atoms. The lowest BCUT2D eigenvalue weighted by molar-refractivity contribution is -0.218. The summed E-state index contributed by atoms with van der Waals surface area (Å²) in [7, 11) is 1.70. The number of nitrogens with one attached hydrogen (secondary N) is 1. The first kappa shape index (κ1) is 21.4. The molecule has 10 heteroatoms. The van der Waals surface area contributed by atoms with Gasteiger partial charge in [0.25, 0.3) is 12.0 Å². The molecular formula is C13H23FN2O7. The number of rotatable bonds is 3. The molecule has 2 rings (SSSR count). The third-order valence-electron chi connectivity index (χ3n) is 2.99. The van der Waals surface area contributed by atoms with Crippen molar-refractivity contribution in [3.63, 3.8) is 0 Å². The number of H-pyrrole nitrogens is 1. The fraction of sp³-hybridized carbons (Fsp3) is 0.692. The van der Waals surface area contributed by atoms with Crippen molar-refractivity contribution in [1.29, 1.82) is 0 Å². The maximum Gasteiger partial charge on any atom is 0.330 e. The molecule has 1 saturated heterocycles. The van der Waals surface area contributed by atoms with E-state index < -0.39 is 24.0 Å². The molecule has 0 aliphatic carbocycles. The molecule has 0 saturated carbocycles. The lowest BCUT2D eigenvalue weighted by Crippen LogP contribution is -2.33. The van der Waals surface area contributed by atoms with Crippen LogP contribution in [0.4, 0.5) is 4.39 Å². The van der Waals surface area contributed by atoms with Gasteiger partial charge in [0.2, 0.25) is 0 Å². The monoisotopic (exact) mass is 338 g/mol. The third-order valence-corrected chi connectivity index (χ3v) is 2.99. The highest BCUT2D eigenvalue weighted by molar-refractivity contribution is 4.87. The van der Waals surface area contributed by atoms with E-state index in [1.807, 2.05) is 6.92 Å². The zero-order chi connectivity index (χ0) is 18.0. The van der Waals surface area contributed by atoms with Gasteiger partial charge in [-0.3, -0.25) is 18.7 Å². The zero-order valence-corrected chi connectivity index (χ0v) is 13.2. The smallest absolute Gasteiger partial charge is 0.330 e. The van der Waals surface area contributed by atoms with Gasteiger partial charge in [-0.05, 0) is 6.42 Å². The molecule has 9 nitrogen and oxygen atoms in total. The largest absolute Gasteiger partial charge is 0.394 e. The van der Waals surface area contributed by atoms with E-state index in [1.54, 1.807) is 0 Å². The maximum absolute atomic E-state index is 11.5. The quantitative estimate of drug-likeness (QED) is 0.516. The van der Waals surface area contributed by atoms with Gasteiger partial charge in [-0.2, -0.15) is 0 Å². The van der Waals surface area contributed by atoms with E-state index in [0.717, 1.165) is 0 Å². The Bertz CT molecular complexity index is 546. The number of methoxy groups -OCH3 is 1. The van der Waals surface area contributed by atoms with Crippen LogP contribution in [-0.2, 0) is 9.47 Å². The Kier molecular flexibility index (Phi) is 10.3. The summed E-state index contributed by atoms with van der Waals surface area (Å²) in [5.74, 6) is 0.126. The van der Waals surface area contributed by atoms with Gasteiger partial charge in [0, 0.05) is 25.3 Å². The molecule has 23 heavy (non-hydrogen) atoms. The molecular weight excluding hydrogens is 315 g/mol. The summed E-state index contributed by atoms with van der Waals surface area (Å²) in [6, 6.07) is 1.28. The van der Waals surface area contributed by atoms with Crippen molar-refractivity contribution >= 4 is 0 Å². The minimum absolute atomic E-state index is 0.0566. The summed E-state index contributed by atoms with van der Waals surface area (Å²) in [5, 5.41) is 24.4. The number of aliphatic hydroxyl groups is 3. The number of alkyl halides is 1. The van der Waals surface area contributed by atoms with E-state index in [-0.39, 0.29) is 18.6 Å². The summed E-state index contributed by atoms with van der Waals surface area (Å²) in [4.78, 5) is 24.6. The van der Waals surface area contributed by atoms with Gasteiger partial charge in [0.05, 0.1) is 19.9 Å². The topological polar surface area (TPSA) is 134 Å². The first-order valence-corrected chi connectivity index (χ1v) is 6.73. The molecule has 134 valence electrons. The van der Waals surface area contributed by atoms with Crippen LogP contribution in [0.2, 0.25) is 0 Å². The molecule has 1 aromatic heterocycles. The van der Waals surface area contributed by atoms with E-state index in [0.29, 0.717) is 13.6 Å². The van der Waals surface area contributed by atoms with Gasteiger partial charge in [-0.1, -0.05) is 6.92 Å². The van der Waals surface area contributed by atoms with Crippen molar-refractivity contribution in [1.82, 2.24) is 9.55 Å². The second kappa shape index (κ2) is 11.0. The fourth-order valence-corrected chi connectivity index (χ4v) is 2.00. The average molecular weight is 338 g/mol. The lowest BCUT2D eigenvalue weighted by Gasteiger charge is -2.17. The predicted octanol–water partition coefficient (Wildman–Crippen LogP) is -1.06. The molecule has 3 unspecified atom stereocenters. The van der Waals surface area contributed by atoms with Crippen molar-refractivity contribution in [3.05, 3.63) is 33.1 Å². The standard InChI is InChI=1S/C10H14N2O4.C2H6O3.CH3F/c1-6-4-7(5-13)16-9(6)12-3-2-8(14)11-10(12)15;1-5-2(3)4;1-2/h2-3,6-7,9,13H,4-5H2,1H3,(H,11,14,15);2-4H,1H3;1H3. The van der Waals surface area contributed by atoms with Crippen molar-refractivity contribution < 1.29 is 29.2 Å². The van der Waals surface area contributed by atoms with Gasteiger partial charge in [0.1, 0.15) is 6.23 Å². The summed E-state index contributed by atoms with van der Waals surface area (Å²) in [5.41, 5.74) is -0.909. The molecule has 2 heterocycles. The number of aromatic nitrogens is 2. The van der Waals surface area contributed by atoms with Crippen LogP contribution in [0.5, 0.6) is 0 Å². The summed E-state index contributed by atoms with van der Waals surface area (Å²) >= 11 is 0. The minimum Gasteiger partial charge on any atom is -0.394 e. The van der Waals surface area contributed by atoms with Crippen LogP contribution in [0.25, 0.3) is 0 Å². The zero-order valence-electron chi connectivity index (χ0n) is 13.2. The van der Waals surface area contributed by atoms with Gasteiger partial charge < -0.3 is 24.8 Å². The van der Waals surface area contributed by atoms with Gasteiger partial charge >= 0.3 is 5.69 Å². The number of nitrogens with zero attached hydrogens (tertiary/aromatic N) is 1.